The van der Waals surface area contributed by atoms with Crippen LogP contribution in [0.15, 0.2) is 52.2 Å². The van der Waals surface area contributed by atoms with E-state index in [9.17, 15) is 18.0 Å². The van der Waals surface area contributed by atoms with Crippen molar-refractivity contribution in [2.24, 2.45) is 0 Å². The van der Waals surface area contributed by atoms with Gasteiger partial charge in [-0.25, -0.2) is 8.42 Å². The van der Waals surface area contributed by atoms with Gasteiger partial charge >= 0.3 is 0 Å². The highest BCUT2D eigenvalue weighted by molar-refractivity contribution is 7.89. The Morgan fingerprint density at radius 2 is 1.79 bits per heavy atom. The van der Waals surface area contributed by atoms with Gasteiger partial charge in [0, 0.05) is 36.1 Å². The van der Waals surface area contributed by atoms with Crippen molar-refractivity contribution in [3.63, 3.8) is 0 Å². The van der Waals surface area contributed by atoms with E-state index in [1.807, 2.05) is 39.0 Å². The van der Waals surface area contributed by atoms with Gasteiger partial charge in [-0.05, 0) is 75.4 Å². The molecule has 0 saturated carbocycles. The van der Waals surface area contributed by atoms with Crippen molar-refractivity contribution >= 4 is 26.8 Å². The summed E-state index contributed by atoms with van der Waals surface area (Å²) in [7, 11) is -3.75. The Labute approximate surface area is 229 Å². The lowest BCUT2D eigenvalue weighted by Gasteiger charge is -2.34. The summed E-state index contributed by atoms with van der Waals surface area (Å²) in [5.41, 5.74) is 1.07. The van der Waals surface area contributed by atoms with Gasteiger partial charge in [-0.3, -0.25) is 9.59 Å². The van der Waals surface area contributed by atoms with E-state index in [0.29, 0.717) is 55.1 Å². The fourth-order valence-corrected chi connectivity index (χ4v) is 6.88. The molecule has 0 radical (unpaired) electrons. The SMILES string of the molecule is CCOc1ccc(CCNC(=O)c2cc(=O)[nH]c3ccc(S(=O)(=O)N4CCCC[C@H]4CC)cc23)cc1OCC. The number of H-pyrrole nitrogens is 1. The van der Waals surface area contributed by atoms with Crippen LogP contribution in [0.1, 0.15) is 62.4 Å². The Kier molecular flexibility index (Phi) is 9.29. The molecule has 0 aliphatic carbocycles. The van der Waals surface area contributed by atoms with Gasteiger partial charge in [-0.2, -0.15) is 4.31 Å². The number of benzene rings is 2. The number of ether oxygens (including phenoxy) is 2. The van der Waals surface area contributed by atoms with Crippen molar-refractivity contribution in [3.05, 3.63) is 63.9 Å². The second kappa shape index (κ2) is 12.7. The minimum absolute atomic E-state index is 0.0383. The molecule has 1 aliphatic heterocycles. The first-order valence-electron chi connectivity index (χ1n) is 13.6. The number of fused-ring (bicyclic) bond motifs is 1. The number of nitrogens with one attached hydrogen (secondary N) is 2. The molecule has 1 amide bonds. The van der Waals surface area contributed by atoms with E-state index >= 15 is 0 Å². The number of piperidine rings is 1. The Hall–Kier alpha value is -3.37. The summed E-state index contributed by atoms with van der Waals surface area (Å²) in [6.45, 7) is 7.64. The van der Waals surface area contributed by atoms with Crippen LogP contribution >= 0.6 is 0 Å². The van der Waals surface area contributed by atoms with Crippen molar-refractivity contribution in [2.75, 3.05) is 26.3 Å². The molecule has 1 atom stereocenters. The number of pyridine rings is 1. The molecule has 10 heteroatoms. The first-order chi connectivity index (χ1) is 18.8. The molecule has 210 valence electrons. The molecule has 2 aromatic carbocycles. The molecule has 1 aromatic heterocycles. The van der Waals surface area contributed by atoms with Crippen molar-refractivity contribution in [1.82, 2.24) is 14.6 Å². The number of aromatic nitrogens is 1. The van der Waals surface area contributed by atoms with Crippen molar-refractivity contribution < 1.29 is 22.7 Å². The van der Waals surface area contributed by atoms with Crippen LogP contribution in [0.2, 0.25) is 0 Å². The fraction of sp³-hybridized carbons (Fsp3) is 0.448. The van der Waals surface area contributed by atoms with E-state index in [1.54, 1.807) is 10.4 Å². The second-order valence-electron chi connectivity index (χ2n) is 9.58. The summed E-state index contributed by atoms with van der Waals surface area (Å²) in [5, 5.41) is 3.26. The Morgan fingerprint density at radius 3 is 2.54 bits per heavy atom. The molecular weight excluding hydrogens is 518 g/mol. The van der Waals surface area contributed by atoms with Crippen LogP contribution in [0.3, 0.4) is 0 Å². The van der Waals surface area contributed by atoms with Gasteiger partial charge in [0.15, 0.2) is 11.5 Å². The summed E-state index contributed by atoms with van der Waals surface area (Å²) < 4.78 is 40.0. The third kappa shape index (κ3) is 6.45. The molecule has 1 saturated heterocycles. The highest BCUT2D eigenvalue weighted by Gasteiger charge is 2.32. The standard InChI is InChI=1S/C29H37N3O6S/c1-4-21-9-7-8-16-32(21)39(35,36)22-11-12-25-23(18-22)24(19-28(33)31-25)29(34)30-15-14-20-10-13-26(37-5-2)27(17-20)38-6-3/h10-13,17-19,21H,4-9,14-16H2,1-3H3,(H,30,34)(H,31,33)/t21-/m1/s1. The Bertz CT molecular complexity index is 1480. The number of hydrogen-bond acceptors (Lipinski definition) is 6. The van der Waals surface area contributed by atoms with Gasteiger partial charge in [0.25, 0.3) is 5.91 Å². The quantitative estimate of drug-likeness (QED) is 0.365. The van der Waals surface area contributed by atoms with Crippen LogP contribution < -0.4 is 20.3 Å². The van der Waals surface area contributed by atoms with E-state index in [-0.39, 0.29) is 16.5 Å². The van der Waals surface area contributed by atoms with E-state index in [2.05, 4.69) is 10.3 Å². The maximum atomic E-state index is 13.6. The fourth-order valence-electron chi connectivity index (χ4n) is 5.08. The minimum Gasteiger partial charge on any atom is -0.490 e. The lowest BCUT2D eigenvalue weighted by Crippen LogP contribution is -2.43. The van der Waals surface area contributed by atoms with Crippen LogP contribution in [-0.2, 0) is 16.4 Å². The number of carbonyl (C=O) groups is 1. The molecule has 1 aliphatic rings. The molecule has 0 unspecified atom stereocenters. The van der Waals surface area contributed by atoms with Crippen LogP contribution in [0, 0.1) is 0 Å². The number of carbonyl (C=O) groups excluding carboxylic acids is 1. The number of rotatable bonds is 11. The average molecular weight is 556 g/mol. The van der Waals surface area contributed by atoms with Crippen LogP contribution in [-0.4, -0.2) is 56.0 Å². The van der Waals surface area contributed by atoms with Crippen molar-refractivity contribution in [1.29, 1.82) is 0 Å². The van der Waals surface area contributed by atoms with Crippen LogP contribution in [0.25, 0.3) is 10.9 Å². The zero-order valence-corrected chi connectivity index (χ0v) is 23.6. The predicted octanol–water partition coefficient (Wildman–Crippen LogP) is 4.25. The topological polar surface area (TPSA) is 118 Å². The molecule has 0 spiro atoms. The zero-order chi connectivity index (χ0) is 28.0. The molecule has 9 nitrogen and oxygen atoms in total. The first kappa shape index (κ1) is 28.6. The number of nitrogens with zero attached hydrogens (tertiary/aromatic N) is 1. The summed E-state index contributed by atoms with van der Waals surface area (Å²) in [4.78, 5) is 28.3. The third-order valence-electron chi connectivity index (χ3n) is 7.02. The first-order valence-corrected chi connectivity index (χ1v) is 15.1. The van der Waals surface area contributed by atoms with Crippen molar-refractivity contribution in [2.45, 2.75) is 63.8 Å². The average Bonchev–Trinajstić information content (AvgIpc) is 2.93. The molecule has 39 heavy (non-hydrogen) atoms. The molecule has 2 N–H and O–H groups in total. The van der Waals surface area contributed by atoms with Gasteiger partial charge in [0.1, 0.15) is 0 Å². The summed E-state index contributed by atoms with van der Waals surface area (Å²) >= 11 is 0. The van der Waals surface area contributed by atoms with Gasteiger partial charge < -0.3 is 19.8 Å². The lowest BCUT2D eigenvalue weighted by atomic mass is 10.0. The van der Waals surface area contributed by atoms with E-state index in [1.165, 1.54) is 18.2 Å². The Balaban J connectivity index is 1.56. The van der Waals surface area contributed by atoms with Gasteiger partial charge in [0.2, 0.25) is 15.6 Å². The van der Waals surface area contributed by atoms with Crippen LogP contribution in [0.4, 0.5) is 0 Å². The number of sulfonamides is 1. The van der Waals surface area contributed by atoms with Gasteiger partial charge in [-0.15, -0.1) is 0 Å². The van der Waals surface area contributed by atoms with Crippen molar-refractivity contribution in [3.8, 4) is 11.5 Å². The normalized spacial score (nSPS) is 16.2. The molecule has 3 aromatic rings. The smallest absolute Gasteiger partial charge is 0.252 e. The zero-order valence-electron chi connectivity index (χ0n) is 22.8. The molecule has 1 fully saturated rings. The predicted molar refractivity (Wildman–Crippen MR) is 151 cm³/mol. The highest BCUT2D eigenvalue weighted by Crippen LogP contribution is 2.30. The second-order valence-corrected chi connectivity index (χ2v) is 11.5. The van der Waals surface area contributed by atoms with E-state index in [4.69, 9.17) is 9.47 Å². The van der Waals surface area contributed by atoms with E-state index < -0.39 is 21.5 Å². The molecular formula is C29H37N3O6S. The maximum Gasteiger partial charge on any atom is 0.252 e. The van der Waals surface area contributed by atoms with Crippen LogP contribution in [0.5, 0.6) is 11.5 Å². The monoisotopic (exact) mass is 555 g/mol. The summed E-state index contributed by atoms with van der Waals surface area (Å²) in [6, 6.07) is 11.4. The summed E-state index contributed by atoms with van der Waals surface area (Å²) in [6.07, 6.45) is 3.95. The van der Waals surface area contributed by atoms with Gasteiger partial charge in [-0.1, -0.05) is 19.4 Å². The molecule has 0 bridgehead atoms. The Morgan fingerprint density at radius 1 is 1.03 bits per heavy atom. The number of aromatic amines is 1. The molecule has 4 rings (SSSR count). The maximum absolute atomic E-state index is 13.6. The lowest BCUT2D eigenvalue weighted by molar-refractivity contribution is 0.0955. The third-order valence-corrected chi connectivity index (χ3v) is 8.96. The summed E-state index contributed by atoms with van der Waals surface area (Å²) in [5.74, 6) is 0.875. The highest BCUT2D eigenvalue weighted by atomic mass is 32.2. The minimum atomic E-state index is -3.75. The number of hydrogen-bond donors (Lipinski definition) is 2. The van der Waals surface area contributed by atoms with Gasteiger partial charge in [0.05, 0.1) is 23.7 Å². The largest absolute Gasteiger partial charge is 0.490 e. The number of amides is 1. The van der Waals surface area contributed by atoms with E-state index in [0.717, 1.165) is 31.2 Å². The molecule has 2 heterocycles.